The topological polar surface area (TPSA) is 127 Å². The van der Waals surface area contributed by atoms with Crippen molar-refractivity contribution >= 4 is 17.5 Å². The number of nitrogens with zero attached hydrogens (tertiary/aromatic N) is 3. The summed E-state index contributed by atoms with van der Waals surface area (Å²) in [5, 5.41) is 35.0. The van der Waals surface area contributed by atoms with E-state index >= 15 is 0 Å². The van der Waals surface area contributed by atoms with Gasteiger partial charge in [-0.05, 0) is 72.6 Å². The van der Waals surface area contributed by atoms with Gasteiger partial charge in [-0.2, -0.15) is 11.8 Å². The molecule has 9 nitrogen and oxygen atoms in total. The van der Waals surface area contributed by atoms with E-state index < -0.39 is 5.79 Å². The molecule has 10 heteroatoms. The number of thioether (sulfide) groups is 1. The van der Waals surface area contributed by atoms with E-state index in [9.17, 15) is 15.3 Å². The van der Waals surface area contributed by atoms with E-state index in [0.29, 0.717) is 19.6 Å². The smallest absolute Gasteiger partial charge is 0.230 e. The summed E-state index contributed by atoms with van der Waals surface area (Å²) in [5.74, 6) is 0.693. The first-order chi connectivity index (χ1) is 24.6. The number of unbranched alkanes of at least 4 members (excludes halogenated alkanes) is 2. The van der Waals surface area contributed by atoms with Crippen LogP contribution in [0.15, 0.2) is 96.6 Å². The number of phenols is 1. The lowest BCUT2D eigenvalue weighted by Gasteiger charge is -2.58. The lowest BCUT2D eigenvalue weighted by Crippen LogP contribution is -2.64. The minimum atomic E-state index is -1.05. The van der Waals surface area contributed by atoms with E-state index in [1.165, 1.54) is 0 Å². The lowest BCUT2D eigenvalue weighted by atomic mass is 9.56. The van der Waals surface area contributed by atoms with E-state index in [0.717, 1.165) is 84.6 Å². The molecule has 6 rings (SSSR count). The first kappa shape index (κ1) is 36.1. The fourth-order valence-corrected chi connectivity index (χ4v) is 9.39. The predicted octanol–water partition coefficient (Wildman–Crippen LogP) is 6.99. The maximum Gasteiger partial charge on any atom is 0.230 e. The van der Waals surface area contributed by atoms with Crippen molar-refractivity contribution in [2.24, 2.45) is 22.9 Å². The number of oxime groups is 1. The Morgan fingerprint density at radius 2 is 1.86 bits per heavy atom. The molecule has 3 N–H and O–H groups in total. The number of fused-ring (bicyclic) bond motifs is 2. The Hall–Kier alpha value is -3.70. The van der Waals surface area contributed by atoms with Crippen molar-refractivity contribution in [3.8, 4) is 11.5 Å². The van der Waals surface area contributed by atoms with Crippen LogP contribution in [0.1, 0.15) is 67.7 Å². The molecule has 1 aromatic heterocycles. The summed E-state index contributed by atoms with van der Waals surface area (Å²) < 4.78 is 14.1. The highest BCUT2D eigenvalue weighted by Crippen LogP contribution is 2.62. The molecule has 3 aromatic rings. The normalized spacial score (nSPS) is 26.0. The van der Waals surface area contributed by atoms with Gasteiger partial charge in [0.1, 0.15) is 18.1 Å². The molecule has 3 aliphatic rings. The Morgan fingerprint density at radius 3 is 2.62 bits per heavy atom. The summed E-state index contributed by atoms with van der Waals surface area (Å²) >= 11 is 1.79. The highest BCUT2D eigenvalue weighted by Gasteiger charge is 2.63. The quantitative estimate of drug-likeness (QED) is 0.0732. The minimum absolute atomic E-state index is 0.0591. The van der Waals surface area contributed by atoms with Crippen molar-refractivity contribution in [1.82, 2.24) is 9.97 Å². The minimum Gasteiger partial charge on any atom is -0.508 e. The Kier molecular flexibility index (Phi) is 12.6. The van der Waals surface area contributed by atoms with Crippen molar-refractivity contribution in [2.45, 2.75) is 74.9 Å². The van der Waals surface area contributed by atoms with Crippen molar-refractivity contribution in [2.75, 3.05) is 25.6 Å². The van der Waals surface area contributed by atoms with Crippen LogP contribution in [-0.2, 0) is 22.6 Å². The Morgan fingerprint density at radius 1 is 1.04 bits per heavy atom. The van der Waals surface area contributed by atoms with Gasteiger partial charge < -0.3 is 29.6 Å². The largest absolute Gasteiger partial charge is 0.508 e. The molecule has 0 bridgehead atoms. The SMILES string of the molecule is C=CCOC12Oc3ccc(O)cc3C3C(CCCCO)C(CCCCO)C=C(C(=NOCc4ccccc4)CC1SCCc1cnccn1)C32. The molecular formula is C40H49N3O6S. The summed E-state index contributed by atoms with van der Waals surface area (Å²) in [6, 6.07) is 15.5. The zero-order valence-electron chi connectivity index (χ0n) is 28.6. The summed E-state index contributed by atoms with van der Waals surface area (Å²) in [7, 11) is 0. The van der Waals surface area contributed by atoms with Crippen LogP contribution in [0.3, 0.4) is 0 Å². The average Bonchev–Trinajstić information content (AvgIpc) is 3.14. The Balaban J connectivity index is 1.47. The molecule has 1 fully saturated rings. The average molecular weight is 700 g/mol. The van der Waals surface area contributed by atoms with Gasteiger partial charge in [0.15, 0.2) is 0 Å². The number of aromatic nitrogens is 2. The van der Waals surface area contributed by atoms with Crippen molar-refractivity contribution in [3.63, 3.8) is 0 Å². The van der Waals surface area contributed by atoms with Gasteiger partial charge in [-0.25, -0.2) is 0 Å². The van der Waals surface area contributed by atoms with Gasteiger partial charge in [-0.15, -0.1) is 6.58 Å². The molecule has 0 radical (unpaired) electrons. The van der Waals surface area contributed by atoms with E-state index in [2.05, 4.69) is 22.6 Å². The van der Waals surface area contributed by atoms with Crippen LogP contribution in [0, 0.1) is 17.8 Å². The summed E-state index contributed by atoms with van der Waals surface area (Å²) in [6.07, 6.45) is 15.7. The Bertz CT molecular complexity index is 1610. The lowest BCUT2D eigenvalue weighted by molar-refractivity contribution is -0.223. The van der Waals surface area contributed by atoms with E-state index in [4.69, 9.17) is 19.5 Å². The third-order valence-corrected chi connectivity index (χ3v) is 11.5. The van der Waals surface area contributed by atoms with Gasteiger partial charge in [0.05, 0.1) is 29.2 Å². The van der Waals surface area contributed by atoms with Crippen molar-refractivity contribution in [3.05, 3.63) is 108 Å². The molecule has 2 heterocycles. The van der Waals surface area contributed by atoms with Crippen LogP contribution in [0.4, 0.5) is 0 Å². The molecule has 50 heavy (non-hydrogen) atoms. The van der Waals surface area contributed by atoms with Gasteiger partial charge in [0, 0.05) is 56.1 Å². The maximum atomic E-state index is 10.8. The number of allylic oxidation sites excluding steroid dienone is 1. The van der Waals surface area contributed by atoms with Gasteiger partial charge in [0.2, 0.25) is 5.79 Å². The number of ether oxygens (including phenoxy) is 2. The van der Waals surface area contributed by atoms with Gasteiger partial charge in [-0.1, -0.05) is 60.5 Å². The number of hydrogen-bond donors (Lipinski definition) is 3. The first-order valence-corrected chi connectivity index (χ1v) is 18.9. The third-order valence-electron chi connectivity index (χ3n) is 10.2. The van der Waals surface area contributed by atoms with Crippen molar-refractivity contribution < 1.29 is 29.6 Å². The van der Waals surface area contributed by atoms with E-state index in [-0.39, 0.29) is 47.9 Å². The third kappa shape index (κ3) is 8.09. The molecule has 2 aromatic carbocycles. The highest BCUT2D eigenvalue weighted by atomic mass is 32.2. The molecule has 1 saturated carbocycles. The van der Waals surface area contributed by atoms with Crippen LogP contribution < -0.4 is 4.74 Å². The monoisotopic (exact) mass is 699 g/mol. The molecule has 0 spiro atoms. The number of benzene rings is 2. The zero-order valence-corrected chi connectivity index (χ0v) is 29.4. The standard InChI is InChI=1S/C40H49N3O6S/c1-2-21-47-40-37(50-22-16-30-26-41-17-18-42-30)25-35(43-48-27-28-10-4-3-5-11-28)33-23-29(12-6-8-19-44)32(13-7-9-20-45)38(39(33)40)34-24-31(46)14-15-36(34)49-40/h2-5,10-11,14-15,17-18,23-24,26,29,32,37-39,44-46H,1,6-9,12-13,16,19-22,25,27H2. The molecule has 1 aliphatic heterocycles. The molecule has 6 unspecified atom stereocenters. The van der Waals surface area contributed by atoms with Gasteiger partial charge >= 0.3 is 0 Å². The second-order valence-electron chi connectivity index (χ2n) is 13.3. The molecule has 266 valence electrons. The van der Waals surface area contributed by atoms with Crippen LogP contribution >= 0.6 is 11.8 Å². The maximum absolute atomic E-state index is 10.8. The molecule has 0 saturated heterocycles. The van der Waals surface area contributed by atoms with Gasteiger partial charge in [0.25, 0.3) is 0 Å². The number of aryl methyl sites for hydroxylation is 1. The fourth-order valence-electron chi connectivity index (χ4n) is 8.01. The predicted molar refractivity (Wildman–Crippen MR) is 196 cm³/mol. The van der Waals surface area contributed by atoms with Crippen LogP contribution in [0.25, 0.3) is 0 Å². The zero-order chi connectivity index (χ0) is 34.8. The van der Waals surface area contributed by atoms with Crippen LogP contribution in [0.5, 0.6) is 11.5 Å². The summed E-state index contributed by atoms with van der Waals surface area (Å²) in [5.41, 5.74) is 4.89. The van der Waals surface area contributed by atoms with E-state index in [1.54, 1.807) is 36.3 Å². The second-order valence-corrected chi connectivity index (χ2v) is 14.7. The van der Waals surface area contributed by atoms with E-state index in [1.807, 2.05) is 48.7 Å². The molecule has 0 amide bonds. The number of aromatic hydroxyl groups is 1. The van der Waals surface area contributed by atoms with Gasteiger partial charge in [-0.3, -0.25) is 9.97 Å². The first-order valence-electron chi connectivity index (χ1n) is 17.9. The van der Waals surface area contributed by atoms with Crippen molar-refractivity contribution in [1.29, 1.82) is 0 Å². The van der Waals surface area contributed by atoms with Crippen LogP contribution in [-0.4, -0.2) is 67.6 Å². The number of aliphatic hydroxyl groups excluding tert-OH is 2. The summed E-state index contributed by atoms with van der Waals surface area (Å²) in [4.78, 5) is 14.9. The molecule has 6 atom stereocenters. The highest BCUT2D eigenvalue weighted by molar-refractivity contribution is 8.00. The number of aliphatic hydroxyl groups is 2. The number of rotatable bonds is 18. The van der Waals surface area contributed by atoms with Crippen LogP contribution in [0.2, 0.25) is 0 Å². The second kappa shape index (κ2) is 17.5. The summed E-state index contributed by atoms with van der Waals surface area (Å²) in [6.45, 7) is 4.95. The molecular weight excluding hydrogens is 651 g/mol. The fraction of sp³-hybridized carbons (Fsp3) is 0.475. The molecule has 2 aliphatic carbocycles. The number of phenolic OH excluding ortho intramolecular Hbond substituents is 1. The number of hydrogen-bond acceptors (Lipinski definition) is 10. The Labute approximate surface area is 299 Å².